The van der Waals surface area contributed by atoms with Crippen LogP contribution < -0.4 is 4.90 Å². The predicted octanol–water partition coefficient (Wildman–Crippen LogP) is 2.91. The van der Waals surface area contributed by atoms with E-state index in [0.717, 1.165) is 49.2 Å². The van der Waals surface area contributed by atoms with Crippen molar-refractivity contribution >= 4 is 16.6 Å². The zero-order chi connectivity index (χ0) is 20.2. The van der Waals surface area contributed by atoms with Crippen molar-refractivity contribution in [3.63, 3.8) is 0 Å². The van der Waals surface area contributed by atoms with Crippen LogP contribution in [0.2, 0.25) is 0 Å². The van der Waals surface area contributed by atoms with E-state index in [-0.39, 0.29) is 6.10 Å². The van der Waals surface area contributed by atoms with Gasteiger partial charge in [-0.05, 0) is 25.5 Å². The summed E-state index contributed by atoms with van der Waals surface area (Å²) in [5.74, 6) is 1.18. The molecule has 0 saturated carbocycles. The van der Waals surface area contributed by atoms with Crippen LogP contribution in [-0.2, 0) is 11.3 Å². The molecule has 1 unspecified atom stereocenters. The zero-order valence-corrected chi connectivity index (χ0v) is 16.7. The summed E-state index contributed by atoms with van der Waals surface area (Å²) in [6, 6.07) is 12.1. The standard InChI is InChI=1S/C21H24N6O2/c1-15(28-2)21-24-20(29-25-21)14-26-8-5-9-27(11-10-26)19-12-16(13-22)23-18-7-4-3-6-17(18)19/h3-4,6-7,12,15H,5,8-11,14H2,1-2H3. The van der Waals surface area contributed by atoms with E-state index < -0.39 is 0 Å². The van der Waals surface area contributed by atoms with Gasteiger partial charge >= 0.3 is 0 Å². The van der Waals surface area contributed by atoms with Gasteiger partial charge in [0.15, 0.2) is 5.82 Å². The van der Waals surface area contributed by atoms with Crippen LogP contribution in [0.4, 0.5) is 5.69 Å². The van der Waals surface area contributed by atoms with Gasteiger partial charge in [0.25, 0.3) is 0 Å². The van der Waals surface area contributed by atoms with Crippen molar-refractivity contribution in [2.45, 2.75) is 26.0 Å². The Morgan fingerprint density at radius 3 is 2.90 bits per heavy atom. The highest BCUT2D eigenvalue weighted by Gasteiger charge is 2.20. The first-order valence-electron chi connectivity index (χ1n) is 9.80. The largest absolute Gasteiger partial charge is 0.374 e. The fraction of sp³-hybridized carbons (Fsp3) is 0.429. The molecule has 1 saturated heterocycles. The monoisotopic (exact) mass is 392 g/mol. The van der Waals surface area contributed by atoms with Gasteiger partial charge in [-0.3, -0.25) is 4.90 Å². The molecule has 29 heavy (non-hydrogen) atoms. The number of nitriles is 1. The van der Waals surface area contributed by atoms with Crippen LogP contribution in [0.3, 0.4) is 0 Å². The van der Waals surface area contributed by atoms with Crippen LogP contribution in [0.1, 0.15) is 36.9 Å². The number of ether oxygens (including phenoxy) is 1. The molecule has 0 radical (unpaired) electrons. The Morgan fingerprint density at radius 1 is 1.21 bits per heavy atom. The van der Waals surface area contributed by atoms with Crippen LogP contribution in [0.25, 0.3) is 10.9 Å². The van der Waals surface area contributed by atoms with Gasteiger partial charge in [-0.25, -0.2) is 4.98 Å². The van der Waals surface area contributed by atoms with E-state index in [1.807, 2.05) is 31.2 Å². The number of hydrogen-bond donors (Lipinski definition) is 0. The summed E-state index contributed by atoms with van der Waals surface area (Å²) in [5, 5.41) is 14.5. The Bertz CT molecular complexity index is 1030. The number of hydrogen-bond acceptors (Lipinski definition) is 8. The van der Waals surface area contributed by atoms with Crippen LogP contribution in [0.15, 0.2) is 34.9 Å². The van der Waals surface area contributed by atoms with E-state index in [0.29, 0.717) is 24.0 Å². The molecule has 1 atom stereocenters. The number of pyridine rings is 1. The quantitative estimate of drug-likeness (QED) is 0.655. The molecule has 1 aromatic carbocycles. The Morgan fingerprint density at radius 2 is 2.07 bits per heavy atom. The van der Waals surface area contributed by atoms with Gasteiger partial charge in [0, 0.05) is 44.4 Å². The second-order valence-electron chi connectivity index (χ2n) is 7.20. The fourth-order valence-electron chi connectivity index (χ4n) is 3.64. The van der Waals surface area contributed by atoms with Crippen molar-refractivity contribution in [3.8, 4) is 6.07 Å². The van der Waals surface area contributed by atoms with Gasteiger partial charge in [-0.15, -0.1) is 0 Å². The van der Waals surface area contributed by atoms with E-state index in [9.17, 15) is 5.26 Å². The number of para-hydroxylation sites is 1. The molecule has 8 heteroatoms. The smallest absolute Gasteiger partial charge is 0.240 e. The lowest BCUT2D eigenvalue weighted by molar-refractivity contribution is 0.109. The first-order chi connectivity index (χ1) is 14.2. The van der Waals surface area contributed by atoms with Crippen LogP contribution in [-0.4, -0.2) is 53.3 Å². The molecule has 3 heterocycles. The van der Waals surface area contributed by atoms with Crippen molar-refractivity contribution in [2.75, 3.05) is 38.2 Å². The number of benzene rings is 1. The first kappa shape index (κ1) is 19.3. The van der Waals surface area contributed by atoms with E-state index >= 15 is 0 Å². The Balaban J connectivity index is 1.49. The SMILES string of the molecule is COC(C)c1noc(CN2CCCN(c3cc(C#N)nc4ccccc34)CC2)n1. The van der Waals surface area contributed by atoms with Crippen LogP contribution in [0, 0.1) is 11.3 Å². The molecule has 1 aliphatic heterocycles. The summed E-state index contributed by atoms with van der Waals surface area (Å²) in [5.41, 5.74) is 2.38. The topological polar surface area (TPSA) is 91.3 Å². The lowest BCUT2D eigenvalue weighted by Gasteiger charge is -2.24. The van der Waals surface area contributed by atoms with Gasteiger partial charge in [0.1, 0.15) is 17.9 Å². The maximum absolute atomic E-state index is 9.37. The third-order valence-electron chi connectivity index (χ3n) is 5.30. The number of methoxy groups -OCH3 is 1. The Hall–Kier alpha value is -3.02. The molecule has 0 N–H and O–H groups in total. The van der Waals surface area contributed by atoms with Crippen molar-refractivity contribution < 1.29 is 9.26 Å². The molecule has 4 rings (SSSR count). The zero-order valence-electron chi connectivity index (χ0n) is 16.7. The van der Waals surface area contributed by atoms with Crippen LogP contribution >= 0.6 is 0 Å². The molecule has 0 aliphatic carbocycles. The molecular formula is C21H24N6O2. The minimum absolute atomic E-state index is 0.179. The lowest BCUT2D eigenvalue weighted by atomic mass is 10.1. The van der Waals surface area contributed by atoms with Crippen molar-refractivity contribution in [3.05, 3.63) is 47.7 Å². The van der Waals surface area contributed by atoms with E-state index in [1.54, 1.807) is 7.11 Å². The summed E-state index contributed by atoms with van der Waals surface area (Å²) in [6.45, 7) is 6.11. The average molecular weight is 392 g/mol. The second kappa shape index (κ2) is 8.55. The van der Waals surface area contributed by atoms with E-state index in [4.69, 9.17) is 9.26 Å². The lowest BCUT2D eigenvalue weighted by Crippen LogP contribution is -2.30. The molecule has 150 valence electrons. The number of aromatic nitrogens is 3. The average Bonchev–Trinajstić information content (AvgIpc) is 3.10. The first-order valence-corrected chi connectivity index (χ1v) is 9.80. The van der Waals surface area contributed by atoms with Crippen molar-refractivity contribution in [2.24, 2.45) is 0 Å². The van der Waals surface area contributed by atoms with Gasteiger partial charge < -0.3 is 14.2 Å². The highest BCUT2D eigenvalue weighted by Crippen LogP contribution is 2.27. The molecule has 0 amide bonds. The molecular weight excluding hydrogens is 368 g/mol. The highest BCUT2D eigenvalue weighted by atomic mass is 16.5. The minimum atomic E-state index is -0.179. The van der Waals surface area contributed by atoms with Gasteiger partial charge in [0.2, 0.25) is 5.89 Å². The molecule has 8 nitrogen and oxygen atoms in total. The summed E-state index contributed by atoms with van der Waals surface area (Å²) in [6.07, 6.45) is 0.829. The molecule has 1 fully saturated rings. The summed E-state index contributed by atoms with van der Waals surface area (Å²) >= 11 is 0. The van der Waals surface area contributed by atoms with Crippen molar-refractivity contribution in [1.82, 2.24) is 20.0 Å². The number of fused-ring (bicyclic) bond motifs is 1. The molecule has 0 bridgehead atoms. The third-order valence-corrected chi connectivity index (χ3v) is 5.30. The van der Waals surface area contributed by atoms with Crippen molar-refractivity contribution in [1.29, 1.82) is 5.26 Å². The third kappa shape index (κ3) is 4.21. The maximum Gasteiger partial charge on any atom is 0.240 e. The summed E-state index contributed by atoms with van der Waals surface area (Å²) < 4.78 is 10.6. The minimum Gasteiger partial charge on any atom is -0.374 e. The fourth-order valence-corrected chi connectivity index (χ4v) is 3.64. The number of nitrogens with zero attached hydrogens (tertiary/aromatic N) is 6. The molecule has 2 aromatic heterocycles. The molecule has 1 aliphatic rings. The van der Waals surface area contributed by atoms with Gasteiger partial charge in [-0.2, -0.15) is 10.2 Å². The molecule has 0 spiro atoms. The number of rotatable bonds is 5. The van der Waals surface area contributed by atoms with Gasteiger partial charge in [0.05, 0.1) is 12.1 Å². The predicted molar refractivity (Wildman–Crippen MR) is 108 cm³/mol. The second-order valence-corrected chi connectivity index (χ2v) is 7.20. The summed E-state index contributed by atoms with van der Waals surface area (Å²) in [4.78, 5) is 13.5. The number of anilines is 1. The normalized spacial score (nSPS) is 16.5. The Labute approximate surface area is 169 Å². The summed E-state index contributed by atoms with van der Waals surface area (Å²) in [7, 11) is 1.63. The Kier molecular flexibility index (Phi) is 5.69. The maximum atomic E-state index is 9.37. The van der Waals surface area contributed by atoms with E-state index in [1.165, 1.54) is 0 Å². The molecule has 3 aromatic rings. The van der Waals surface area contributed by atoms with E-state index in [2.05, 4.69) is 37.1 Å². The van der Waals surface area contributed by atoms with Crippen LogP contribution in [0.5, 0.6) is 0 Å². The highest BCUT2D eigenvalue weighted by molar-refractivity contribution is 5.92. The van der Waals surface area contributed by atoms with Gasteiger partial charge in [-0.1, -0.05) is 23.4 Å².